The fourth-order valence-electron chi connectivity index (χ4n) is 1.57. The van der Waals surface area contributed by atoms with E-state index in [1.807, 2.05) is 5.32 Å². The first-order valence-electron chi connectivity index (χ1n) is 5.98. The molecule has 22 heavy (non-hydrogen) atoms. The first kappa shape index (κ1) is 17.5. The van der Waals surface area contributed by atoms with Gasteiger partial charge >= 0.3 is 12.1 Å². The Hall–Kier alpha value is -2.53. The lowest BCUT2D eigenvalue weighted by atomic mass is 10.1. The van der Waals surface area contributed by atoms with Gasteiger partial charge < -0.3 is 15.5 Å². The van der Waals surface area contributed by atoms with Gasteiger partial charge in [-0.25, -0.2) is 4.79 Å². The zero-order valence-electron chi connectivity index (χ0n) is 11.1. The van der Waals surface area contributed by atoms with Crippen LogP contribution in [0.1, 0.15) is 23.7 Å². The minimum atomic E-state index is -4.53. The molecule has 0 saturated carbocycles. The summed E-state index contributed by atoms with van der Waals surface area (Å²) in [7, 11) is 0. The molecule has 118 valence electrons. The number of rotatable bonds is 5. The zero-order chi connectivity index (χ0) is 16.9. The summed E-state index contributed by atoms with van der Waals surface area (Å²) in [6, 6.07) is 1.90. The maximum atomic E-state index is 12.4. The van der Waals surface area contributed by atoms with Crippen molar-refractivity contribution in [3.05, 3.63) is 35.4 Å². The van der Waals surface area contributed by atoms with E-state index >= 15 is 0 Å². The molecule has 0 spiro atoms. The summed E-state index contributed by atoms with van der Waals surface area (Å²) in [5, 5.41) is 20.6. The van der Waals surface area contributed by atoms with E-state index in [2.05, 4.69) is 5.92 Å². The molecule has 0 aliphatic carbocycles. The summed E-state index contributed by atoms with van der Waals surface area (Å²) < 4.78 is 37.2. The number of aliphatic hydroxyl groups is 1. The number of aliphatic hydroxyl groups excluding tert-OH is 1. The number of nitrogens with one attached hydrogen (secondary N) is 1. The SMILES string of the molecule is C#CC[C@H](NC(=O)[C@@H](O)c1ccc(C(F)(F)F)cc1)C(=O)O. The Morgan fingerprint density at radius 3 is 2.23 bits per heavy atom. The van der Waals surface area contributed by atoms with E-state index in [9.17, 15) is 27.9 Å². The molecule has 0 heterocycles. The number of carboxylic acids is 1. The van der Waals surface area contributed by atoms with Crippen LogP contribution in [0.2, 0.25) is 0 Å². The van der Waals surface area contributed by atoms with Crippen LogP contribution in [0.5, 0.6) is 0 Å². The minimum absolute atomic E-state index is 0.102. The molecule has 0 unspecified atom stereocenters. The van der Waals surface area contributed by atoms with Crippen LogP contribution in [-0.2, 0) is 15.8 Å². The average molecular weight is 315 g/mol. The Morgan fingerprint density at radius 1 is 1.27 bits per heavy atom. The molecule has 1 aromatic carbocycles. The quantitative estimate of drug-likeness (QED) is 0.716. The molecule has 0 aliphatic heterocycles. The van der Waals surface area contributed by atoms with E-state index in [-0.39, 0.29) is 12.0 Å². The third kappa shape index (κ3) is 4.49. The van der Waals surface area contributed by atoms with Crippen molar-refractivity contribution in [1.29, 1.82) is 0 Å². The Bertz CT molecular complexity index is 590. The summed E-state index contributed by atoms with van der Waals surface area (Å²) in [6.07, 6.45) is -1.68. The van der Waals surface area contributed by atoms with Crippen molar-refractivity contribution >= 4 is 11.9 Å². The first-order valence-corrected chi connectivity index (χ1v) is 5.98. The van der Waals surface area contributed by atoms with Crippen LogP contribution in [0.4, 0.5) is 13.2 Å². The summed E-state index contributed by atoms with van der Waals surface area (Å²) >= 11 is 0. The van der Waals surface area contributed by atoms with E-state index in [0.29, 0.717) is 12.1 Å². The van der Waals surface area contributed by atoms with Gasteiger partial charge in [-0.05, 0) is 17.7 Å². The van der Waals surface area contributed by atoms with Gasteiger partial charge in [-0.15, -0.1) is 12.3 Å². The molecule has 0 saturated heterocycles. The van der Waals surface area contributed by atoms with Crippen molar-refractivity contribution in [1.82, 2.24) is 5.32 Å². The molecule has 8 heteroatoms. The van der Waals surface area contributed by atoms with Crippen LogP contribution < -0.4 is 5.32 Å². The van der Waals surface area contributed by atoms with Gasteiger partial charge in [0.15, 0.2) is 6.10 Å². The molecule has 2 atom stereocenters. The maximum absolute atomic E-state index is 12.4. The van der Waals surface area contributed by atoms with Crippen LogP contribution >= 0.6 is 0 Å². The highest BCUT2D eigenvalue weighted by molar-refractivity contribution is 5.87. The molecule has 0 bridgehead atoms. The van der Waals surface area contributed by atoms with Gasteiger partial charge in [-0.2, -0.15) is 13.2 Å². The van der Waals surface area contributed by atoms with Crippen molar-refractivity contribution in [3.63, 3.8) is 0 Å². The molecule has 0 aliphatic rings. The van der Waals surface area contributed by atoms with Crippen molar-refractivity contribution in [2.45, 2.75) is 24.7 Å². The molecule has 5 nitrogen and oxygen atoms in total. The zero-order valence-corrected chi connectivity index (χ0v) is 11.1. The topological polar surface area (TPSA) is 86.6 Å². The monoisotopic (exact) mass is 315 g/mol. The van der Waals surface area contributed by atoms with Gasteiger partial charge in [-0.1, -0.05) is 12.1 Å². The van der Waals surface area contributed by atoms with Gasteiger partial charge in [0.2, 0.25) is 0 Å². The highest BCUT2D eigenvalue weighted by Gasteiger charge is 2.31. The van der Waals surface area contributed by atoms with Gasteiger partial charge in [0.1, 0.15) is 6.04 Å². The number of alkyl halides is 3. The number of hydrogen-bond donors (Lipinski definition) is 3. The number of benzene rings is 1. The second-order valence-electron chi connectivity index (χ2n) is 4.33. The van der Waals surface area contributed by atoms with Gasteiger partial charge in [0, 0.05) is 6.42 Å². The van der Waals surface area contributed by atoms with Crippen molar-refractivity contribution in [2.75, 3.05) is 0 Å². The van der Waals surface area contributed by atoms with E-state index in [1.54, 1.807) is 0 Å². The summed E-state index contributed by atoms with van der Waals surface area (Å²) in [5.74, 6) is -0.396. The predicted molar refractivity (Wildman–Crippen MR) is 69.4 cm³/mol. The molecule has 1 amide bonds. The van der Waals surface area contributed by atoms with Gasteiger partial charge in [-0.3, -0.25) is 4.79 Å². The van der Waals surface area contributed by atoms with E-state index < -0.39 is 35.8 Å². The summed E-state index contributed by atoms with van der Waals surface area (Å²) in [6.45, 7) is 0. The third-order valence-electron chi connectivity index (χ3n) is 2.74. The molecule has 1 rings (SSSR count). The Morgan fingerprint density at radius 2 is 1.82 bits per heavy atom. The Labute approximate surface area is 123 Å². The molecule has 0 radical (unpaired) electrons. The molecular weight excluding hydrogens is 303 g/mol. The van der Waals surface area contributed by atoms with Crippen LogP contribution in [0, 0.1) is 12.3 Å². The number of aliphatic carboxylic acids is 1. The van der Waals surface area contributed by atoms with Gasteiger partial charge in [0.05, 0.1) is 5.56 Å². The molecule has 0 aromatic heterocycles. The normalized spacial score (nSPS) is 13.8. The highest BCUT2D eigenvalue weighted by Crippen LogP contribution is 2.29. The second-order valence-corrected chi connectivity index (χ2v) is 4.33. The number of carbonyl (C=O) groups excluding carboxylic acids is 1. The lowest BCUT2D eigenvalue weighted by Crippen LogP contribution is -2.42. The number of carbonyl (C=O) groups is 2. The number of amides is 1. The third-order valence-corrected chi connectivity index (χ3v) is 2.74. The second kappa shape index (κ2) is 6.95. The Kier molecular flexibility index (Phi) is 5.54. The van der Waals surface area contributed by atoms with Crippen LogP contribution in [0.15, 0.2) is 24.3 Å². The molecule has 0 fully saturated rings. The number of terminal acetylenes is 1. The predicted octanol–water partition coefficient (Wildman–Crippen LogP) is 1.33. The average Bonchev–Trinajstić information content (AvgIpc) is 2.45. The first-order chi connectivity index (χ1) is 10.2. The van der Waals surface area contributed by atoms with Crippen LogP contribution in [-0.4, -0.2) is 28.1 Å². The van der Waals surface area contributed by atoms with Crippen molar-refractivity contribution < 1.29 is 33.0 Å². The number of halogens is 3. The van der Waals surface area contributed by atoms with Crippen molar-refractivity contribution in [2.24, 2.45) is 0 Å². The minimum Gasteiger partial charge on any atom is -0.480 e. The highest BCUT2D eigenvalue weighted by atomic mass is 19.4. The molecular formula is C14H12F3NO4. The smallest absolute Gasteiger partial charge is 0.416 e. The lowest BCUT2D eigenvalue weighted by molar-refractivity contribution is -0.143. The molecule has 1 aromatic rings. The van der Waals surface area contributed by atoms with E-state index in [4.69, 9.17) is 11.5 Å². The van der Waals surface area contributed by atoms with Gasteiger partial charge in [0.25, 0.3) is 5.91 Å². The fraction of sp³-hybridized carbons (Fsp3) is 0.286. The number of carboxylic acid groups (broad SMARTS) is 1. The maximum Gasteiger partial charge on any atom is 0.416 e. The molecule has 3 N–H and O–H groups in total. The fourth-order valence-corrected chi connectivity index (χ4v) is 1.57. The van der Waals surface area contributed by atoms with Crippen molar-refractivity contribution in [3.8, 4) is 12.3 Å². The largest absolute Gasteiger partial charge is 0.480 e. The lowest BCUT2D eigenvalue weighted by Gasteiger charge is -2.16. The Balaban J connectivity index is 2.83. The summed E-state index contributed by atoms with van der Waals surface area (Å²) in [4.78, 5) is 22.5. The van der Waals surface area contributed by atoms with E-state index in [1.165, 1.54) is 0 Å². The van der Waals surface area contributed by atoms with E-state index in [0.717, 1.165) is 12.1 Å². The van der Waals surface area contributed by atoms with Crippen LogP contribution in [0.25, 0.3) is 0 Å². The number of hydrogen-bond acceptors (Lipinski definition) is 3. The standard InChI is InChI=1S/C14H12F3NO4/c1-2-3-10(13(21)22)18-12(20)11(19)8-4-6-9(7-5-8)14(15,16)17/h1,4-7,10-11,19H,3H2,(H,18,20)(H,21,22)/t10-,11-/m0/s1. The van der Waals surface area contributed by atoms with Crippen LogP contribution in [0.3, 0.4) is 0 Å². The summed E-state index contributed by atoms with van der Waals surface area (Å²) in [5.41, 5.74) is -1.03.